The quantitative estimate of drug-likeness (QED) is 0.190. The number of amidine groups is 2. The Balaban J connectivity index is 1.15. The van der Waals surface area contributed by atoms with Gasteiger partial charge in [0.2, 0.25) is 0 Å². The van der Waals surface area contributed by atoms with Gasteiger partial charge in [0.25, 0.3) is 0 Å². The van der Waals surface area contributed by atoms with Crippen molar-refractivity contribution in [2.75, 3.05) is 0 Å². The lowest BCUT2D eigenvalue weighted by atomic mass is 9.94. The molecule has 0 radical (unpaired) electrons. The van der Waals surface area contributed by atoms with Crippen LogP contribution in [0.5, 0.6) is 0 Å². The zero-order chi connectivity index (χ0) is 32.3. The molecule has 5 nitrogen and oxygen atoms in total. The van der Waals surface area contributed by atoms with Crippen LogP contribution in [0, 0.1) is 0 Å². The van der Waals surface area contributed by atoms with Crippen molar-refractivity contribution in [1.29, 1.82) is 0 Å². The molecule has 0 saturated carbocycles. The SMILES string of the molecule is C1=Cc2c(oc3c(-c4ccc5c(ccc6ccccc65)c4)ccc(C4=NC(c5ccccc5)=NC(c5ccc6ccccc6c5)N4)c23)CN1. The van der Waals surface area contributed by atoms with E-state index in [4.69, 9.17) is 14.4 Å². The zero-order valence-corrected chi connectivity index (χ0v) is 26.5. The molecule has 8 aromatic rings. The number of nitrogens with zero attached hydrogens (tertiary/aromatic N) is 2. The Morgan fingerprint density at radius 3 is 2.29 bits per heavy atom. The van der Waals surface area contributed by atoms with Gasteiger partial charge >= 0.3 is 0 Å². The van der Waals surface area contributed by atoms with E-state index in [1.807, 2.05) is 24.4 Å². The van der Waals surface area contributed by atoms with Crippen LogP contribution in [-0.4, -0.2) is 11.7 Å². The Morgan fingerprint density at radius 2 is 1.37 bits per heavy atom. The summed E-state index contributed by atoms with van der Waals surface area (Å²) in [5.74, 6) is 2.38. The molecule has 10 rings (SSSR count). The summed E-state index contributed by atoms with van der Waals surface area (Å²) in [6, 6.07) is 49.3. The number of hydrogen-bond donors (Lipinski definition) is 2. The highest BCUT2D eigenvalue weighted by atomic mass is 16.3. The van der Waals surface area contributed by atoms with Gasteiger partial charge in [-0.15, -0.1) is 0 Å². The van der Waals surface area contributed by atoms with E-state index in [0.717, 1.165) is 55.9 Å². The van der Waals surface area contributed by atoms with Gasteiger partial charge in [-0.2, -0.15) is 0 Å². The van der Waals surface area contributed by atoms with Crippen LogP contribution in [0.1, 0.15) is 34.2 Å². The number of furan rings is 1. The maximum atomic E-state index is 6.73. The van der Waals surface area contributed by atoms with E-state index in [-0.39, 0.29) is 6.17 Å². The highest BCUT2D eigenvalue weighted by Crippen LogP contribution is 2.40. The lowest BCUT2D eigenvalue weighted by Gasteiger charge is -2.24. The van der Waals surface area contributed by atoms with E-state index in [1.165, 1.54) is 32.3 Å². The molecule has 5 heteroatoms. The third-order valence-electron chi connectivity index (χ3n) is 9.76. The van der Waals surface area contributed by atoms with Crippen LogP contribution >= 0.6 is 0 Å². The molecule has 0 amide bonds. The van der Waals surface area contributed by atoms with Gasteiger partial charge in [-0.05, 0) is 80.0 Å². The minimum atomic E-state index is -0.322. The minimum Gasteiger partial charge on any atom is -0.458 e. The number of nitrogens with one attached hydrogen (secondary N) is 2. The number of fused-ring (bicyclic) bond motifs is 7. The van der Waals surface area contributed by atoms with Crippen LogP contribution in [0.2, 0.25) is 0 Å². The molecule has 2 aliphatic rings. The Morgan fingerprint density at radius 1 is 0.612 bits per heavy atom. The summed E-state index contributed by atoms with van der Waals surface area (Å²) in [5.41, 5.74) is 7.13. The third kappa shape index (κ3) is 4.62. The number of rotatable bonds is 4. The number of benzene rings is 7. The van der Waals surface area contributed by atoms with E-state index in [0.29, 0.717) is 12.4 Å². The van der Waals surface area contributed by atoms with Crippen molar-refractivity contribution in [2.45, 2.75) is 12.7 Å². The van der Waals surface area contributed by atoms with Crippen molar-refractivity contribution in [3.05, 3.63) is 174 Å². The van der Waals surface area contributed by atoms with E-state index < -0.39 is 0 Å². The van der Waals surface area contributed by atoms with Crippen LogP contribution in [0.25, 0.3) is 60.5 Å². The van der Waals surface area contributed by atoms with Gasteiger partial charge in [-0.3, -0.25) is 0 Å². The first-order valence-electron chi connectivity index (χ1n) is 16.6. The maximum Gasteiger partial charge on any atom is 0.159 e. The molecule has 1 aromatic heterocycles. The Kier molecular flexibility index (Phi) is 6.24. The predicted molar refractivity (Wildman–Crippen MR) is 202 cm³/mol. The van der Waals surface area contributed by atoms with Crippen molar-refractivity contribution >= 4 is 61.0 Å². The summed E-state index contributed by atoms with van der Waals surface area (Å²) < 4.78 is 6.73. The normalized spacial score (nSPS) is 15.6. The third-order valence-corrected chi connectivity index (χ3v) is 9.76. The summed E-state index contributed by atoms with van der Waals surface area (Å²) in [7, 11) is 0. The molecule has 232 valence electrons. The second kappa shape index (κ2) is 11.1. The number of aliphatic imine (C=N–C) groups is 2. The van der Waals surface area contributed by atoms with Gasteiger partial charge in [0, 0.05) is 27.6 Å². The summed E-state index contributed by atoms with van der Waals surface area (Å²) in [6.45, 7) is 0.624. The monoisotopic (exact) mass is 630 g/mol. The fraction of sp³-hybridized carbons (Fsp3) is 0.0455. The van der Waals surface area contributed by atoms with E-state index in [2.05, 4.69) is 138 Å². The summed E-state index contributed by atoms with van der Waals surface area (Å²) in [6.07, 6.45) is 3.79. The smallest absolute Gasteiger partial charge is 0.159 e. The van der Waals surface area contributed by atoms with Gasteiger partial charge in [-0.1, -0.05) is 115 Å². The molecule has 3 heterocycles. The van der Waals surface area contributed by atoms with Crippen molar-refractivity contribution in [3.8, 4) is 11.1 Å². The van der Waals surface area contributed by atoms with Crippen LogP contribution in [0.15, 0.2) is 160 Å². The average molecular weight is 631 g/mol. The molecule has 0 saturated heterocycles. The molecule has 0 fully saturated rings. The molecular weight excluding hydrogens is 601 g/mol. The fourth-order valence-electron chi connectivity index (χ4n) is 7.33. The average Bonchev–Trinajstić information content (AvgIpc) is 3.57. The van der Waals surface area contributed by atoms with E-state index >= 15 is 0 Å². The fourth-order valence-corrected chi connectivity index (χ4v) is 7.33. The first-order valence-corrected chi connectivity index (χ1v) is 16.6. The van der Waals surface area contributed by atoms with Crippen molar-refractivity contribution in [2.24, 2.45) is 9.98 Å². The van der Waals surface area contributed by atoms with E-state index in [1.54, 1.807) is 0 Å². The van der Waals surface area contributed by atoms with Gasteiger partial charge in [0.1, 0.15) is 23.3 Å². The lowest BCUT2D eigenvalue weighted by Crippen LogP contribution is -2.33. The standard InChI is InChI=1S/C44H30N4O/c1-2-10-29(11-3-1)42-46-43(33-17-14-27-8-4-5-12-30(27)24-33)48-44(47-42)38-21-20-36(41-40(38)37-22-23-45-26-39(37)49-41)32-18-19-35-31(25-32)16-15-28-9-6-7-13-34(28)35/h1-25,43,45H,26H2,(H,46,47,48). The molecular formula is C44H30N4O. The van der Waals surface area contributed by atoms with Crippen LogP contribution < -0.4 is 10.6 Å². The van der Waals surface area contributed by atoms with Gasteiger partial charge in [0.05, 0.1) is 6.54 Å². The second-order valence-corrected chi connectivity index (χ2v) is 12.7. The van der Waals surface area contributed by atoms with Crippen LogP contribution in [0.3, 0.4) is 0 Å². The molecule has 1 atom stereocenters. The Labute approximate surface area is 283 Å². The minimum absolute atomic E-state index is 0.322. The molecule has 49 heavy (non-hydrogen) atoms. The first-order chi connectivity index (χ1) is 24.3. The summed E-state index contributed by atoms with van der Waals surface area (Å²) in [5, 5.41) is 15.4. The zero-order valence-electron chi connectivity index (χ0n) is 26.5. The molecule has 0 bridgehead atoms. The summed E-state index contributed by atoms with van der Waals surface area (Å²) in [4.78, 5) is 10.3. The molecule has 2 aliphatic heterocycles. The van der Waals surface area contributed by atoms with Crippen LogP contribution in [-0.2, 0) is 6.54 Å². The lowest BCUT2D eigenvalue weighted by molar-refractivity contribution is 0.533. The maximum absolute atomic E-state index is 6.73. The molecule has 2 N–H and O–H groups in total. The second-order valence-electron chi connectivity index (χ2n) is 12.7. The van der Waals surface area contributed by atoms with Crippen molar-refractivity contribution in [1.82, 2.24) is 10.6 Å². The highest BCUT2D eigenvalue weighted by Gasteiger charge is 2.27. The molecule has 1 unspecified atom stereocenters. The van der Waals surface area contributed by atoms with E-state index in [9.17, 15) is 0 Å². The Bertz CT molecular complexity index is 2700. The van der Waals surface area contributed by atoms with Crippen molar-refractivity contribution in [3.63, 3.8) is 0 Å². The highest BCUT2D eigenvalue weighted by molar-refractivity contribution is 6.20. The van der Waals surface area contributed by atoms with Gasteiger partial charge in [0.15, 0.2) is 5.84 Å². The summed E-state index contributed by atoms with van der Waals surface area (Å²) >= 11 is 0. The van der Waals surface area contributed by atoms with Gasteiger partial charge < -0.3 is 15.1 Å². The number of hydrogen-bond acceptors (Lipinski definition) is 5. The predicted octanol–water partition coefficient (Wildman–Crippen LogP) is 10.1. The van der Waals surface area contributed by atoms with Crippen molar-refractivity contribution < 1.29 is 4.42 Å². The van der Waals surface area contributed by atoms with Crippen LogP contribution in [0.4, 0.5) is 0 Å². The van der Waals surface area contributed by atoms with Gasteiger partial charge in [-0.25, -0.2) is 9.98 Å². The Hall–Kier alpha value is -6.46. The topological polar surface area (TPSA) is 61.9 Å². The largest absolute Gasteiger partial charge is 0.458 e. The first kappa shape index (κ1) is 27.6. The molecule has 7 aromatic carbocycles. The molecule has 0 spiro atoms. The molecule has 0 aliphatic carbocycles.